The fourth-order valence-corrected chi connectivity index (χ4v) is 0.909. The van der Waals surface area contributed by atoms with Crippen LogP contribution >= 0.6 is 31.9 Å². The van der Waals surface area contributed by atoms with Gasteiger partial charge < -0.3 is 0 Å². The Labute approximate surface area is 78.6 Å². The number of hydrogen-bond acceptors (Lipinski definition) is 0. The molecule has 0 amide bonds. The molecule has 0 saturated heterocycles. The molecule has 0 nitrogen and oxygen atoms in total. The normalized spacial score (nSPS) is 13.6. The van der Waals surface area contributed by atoms with E-state index in [1.807, 2.05) is 0 Å². The Hall–Kier alpha value is 0.680. The minimum absolute atomic E-state index is 0.0220. The standard InChI is InChI=1S/C5H6Br2F4/c6-3-1-2-4(8,9)5(7,10)11/h1-3H2. The highest BCUT2D eigenvalue weighted by Gasteiger charge is 2.53. The Bertz CT molecular complexity index is 120. The summed E-state index contributed by atoms with van der Waals surface area (Å²) in [4.78, 5) is -4.10. The maximum absolute atomic E-state index is 12.3. The Morgan fingerprint density at radius 2 is 1.55 bits per heavy atom. The molecule has 0 aromatic heterocycles. The summed E-state index contributed by atoms with van der Waals surface area (Å²) in [6.45, 7) is 0. The van der Waals surface area contributed by atoms with Gasteiger partial charge in [0, 0.05) is 11.8 Å². The second-order valence-electron chi connectivity index (χ2n) is 1.99. The molecule has 0 N–H and O–H groups in total. The van der Waals surface area contributed by atoms with Crippen LogP contribution in [0.2, 0.25) is 0 Å². The minimum Gasteiger partial charge on any atom is -0.199 e. The smallest absolute Gasteiger partial charge is 0.199 e. The van der Waals surface area contributed by atoms with Gasteiger partial charge in [-0.2, -0.15) is 17.6 Å². The van der Waals surface area contributed by atoms with Crippen LogP contribution in [0.5, 0.6) is 0 Å². The molecule has 0 atom stereocenters. The van der Waals surface area contributed by atoms with Crippen molar-refractivity contribution in [2.24, 2.45) is 0 Å². The molecule has 0 fully saturated rings. The first-order valence-electron chi connectivity index (χ1n) is 2.82. The van der Waals surface area contributed by atoms with E-state index in [2.05, 4.69) is 15.9 Å². The average Bonchev–Trinajstić information content (AvgIpc) is 1.81. The molecule has 0 unspecified atom stereocenters. The van der Waals surface area contributed by atoms with E-state index in [9.17, 15) is 17.6 Å². The molecule has 0 saturated carbocycles. The summed E-state index contributed by atoms with van der Waals surface area (Å²) in [5.74, 6) is -3.96. The predicted octanol–water partition coefficient (Wildman–Crippen LogP) is 3.78. The van der Waals surface area contributed by atoms with E-state index in [1.165, 1.54) is 0 Å². The van der Waals surface area contributed by atoms with Gasteiger partial charge in [0.1, 0.15) is 0 Å². The summed E-state index contributed by atoms with van der Waals surface area (Å²) in [5.41, 5.74) is 0. The van der Waals surface area contributed by atoms with Gasteiger partial charge in [-0.25, -0.2) is 0 Å². The Kier molecular flexibility index (Phi) is 4.32. The third-order valence-corrected chi connectivity index (χ3v) is 2.18. The lowest BCUT2D eigenvalue weighted by Gasteiger charge is -2.20. The fourth-order valence-electron chi connectivity index (χ4n) is 0.431. The first-order valence-corrected chi connectivity index (χ1v) is 4.73. The highest BCUT2D eigenvalue weighted by atomic mass is 79.9. The van der Waals surface area contributed by atoms with Crippen LogP contribution in [0.25, 0.3) is 0 Å². The molecule has 68 valence electrons. The van der Waals surface area contributed by atoms with Crippen molar-refractivity contribution in [1.82, 2.24) is 0 Å². The van der Waals surface area contributed by atoms with Gasteiger partial charge in [0.05, 0.1) is 0 Å². The molecule has 0 radical (unpaired) electrons. The summed E-state index contributed by atoms with van der Waals surface area (Å²) >= 11 is 4.51. The second kappa shape index (κ2) is 4.07. The lowest BCUT2D eigenvalue weighted by Crippen LogP contribution is -2.34. The Morgan fingerprint density at radius 1 is 1.09 bits per heavy atom. The molecule has 6 heteroatoms. The van der Waals surface area contributed by atoms with Crippen molar-refractivity contribution in [1.29, 1.82) is 0 Å². The molecule has 0 bridgehead atoms. The van der Waals surface area contributed by atoms with E-state index in [1.54, 1.807) is 15.9 Å². The average molecular weight is 302 g/mol. The minimum atomic E-state index is -4.10. The zero-order valence-corrected chi connectivity index (χ0v) is 8.56. The van der Waals surface area contributed by atoms with Gasteiger partial charge >= 0.3 is 10.8 Å². The number of hydrogen-bond donors (Lipinski definition) is 0. The van der Waals surface area contributed by atoms with Crippen molar-refractivity contribution in [3.05, 3.63) is 0 Å². The molecule has 0 aliphatic rings. The zero-order valence-electron chi connectivity index (χ0n) is 5.39. The largest absolute Gasteiger partial charge is 0.363 e. The first kappa shape index (κ1) is 11.7. The molecule has 0 heterocycles. The Morgan fingerprint density at radius 3 is 1.82 bits per heavy atom. The van der Waals surface area contributed by atoms with Crippen molar-refractivity contribution in [3.63, 3.8) is 0 Å². The molecular weight excluding hydrogens is 296 g/mol. The van der Waals surface area contributed by atoms with Gasteiger partial charge in [0.15, 0.2) is 0 Å². The van der Waals surface area contributed by atoms with Crippen LogP contribution < -0.4 is 0 Å². The van der Waals surface area contributed by atoms with Crippen LogP contribution in [0.4, 0.5) is 17.6 Å². The van der Waals surface area contributed by atoms with Crippen LogP contribution in [0.15, 0.2) is 0 Å². The third kappa shape index (κ3) is 3.73. The topological polar surface area (TPSA) is 0 Å². The van der Waals surface area contributed by atoms with Crippen molar-refractivity contribution in [3.8, 4) is 0 Å². The monoisotopic (exact) mass is 300 g/mol. The number of rotatable bonds is 4. The van der Waals surface area contributed by atoms with Gasteiger partial charge in [-0.3, -0.25) is 0 Å². The highest BCUT2D eigenvalue weighted by molar-refractivity contribution is 9.10. The maximum atomic E-state index is 12.3. The van der Waals surface area contributed by atoms with Crippen LogP contribution in [-0.4, -0.2) is 16.1 Å². The zero-order chi connectivity index (χ0) is 9.12. The van der Waals surface area contributed by atoms with Gasteiger partial charge in [-0.1, -0.05) is 15.9 Å². The van der Waals surface area contributed by atoms with E-state index in [4.69, 9.17) is 0 Å². The summed E-state index contributed by atoms with van der Waals surface area (Å²) in [6, 6.07) is 0. The van der Waals surface area contributed by atoms with E-state index in [-0.39, 0.29) is 6.42 Å². The van der Waals surface area contributed by atoms with Gasteiger partial charge in [-0.05, 0) is 22.4 Å². The predicted molar refractivity (Wildman–Crippen MR) is 41.8 cm³/mol. The van der Waals surface area contributed by atoms with Crippen LogP contribution in [0.3, 0.4) is 0 Å². The number of alkyl halides is 6. The van der Waals surface area contributed by atoms with Crippen molar-refractivity contribution < 1.29 is 17.6 Å². The molecular formula is C5H6Br2F4. The second-order valence-corrected chi connectivity index (χ2v) is 3.78. The molecule has 0 aliphatic heterocycles. The molecule has 0 rings (SSSR count). The van der Waals surface area contributed by atoms with E-state index < -0.39 is 17.2 Å². The molecule has 0 aliphatic carbocycles. The fraction of sp³-hybridized carbons (Fsp3) is 1.00. The van der Waals surface area contributed by atoms with Gasteiger partial charge in [0.2, 0.25) is 0 Å². The van der Waals surface area contributed by atoms with Crippen LogP contribution in [0.1, 0.15) is 12.8 Å². The van der Waals surface area contributed by atoms with Crippen molar-refractivity contribution in [2.75, 3.05) is 5.33 Å². The van der Waals surface area contributed by atoms with E-state index in [0.717, 1.165) is 0 Å². The van der Waals surface area contributed by atoms with Crippen LogP contribution in [0, 0.1) is 0 Å². The molecule has 0 aromatic carbocycles. The summed E-state index contributed by atoms with van der Waals surface area (Å²) in [5, 5.41) is 0.297. The van der Waals surface area contributed by atoms with Gasteiger partial charge in [0.25, 0.3) is 0 Å². The maximum Gasteiger partial charge on any atom is 0.363 e. The van der Waals surface area contributed by atoms with Crippen molar-refractivity contribution >= 4 is 31.9 Å². The molecule has 0 aromatic rings. The SMILES string of the molecule is FC(F)(Br)C(F)(F)CCCBr. The van der Waals surface area contributed by atoms with Crippen LogP contribution in [-0.2, 0) is 0 Å². The molecule has 11 heavy (non-hydrogen) atoms. The van der Waals surface area contributed by atoms with Gasteiger partial charge in [-0.15, -0.1) is 0 Å². The summed E-state index contributed by atoms with van der Waals surface area (Å²) < 4.78 is 48.5. The summed E-state index contributed by atoms with van der Waals surface area (Å²) in [6.07, 6.45) is -0.801. The Balaban J connectivity index is 4.00. The van der Waals surface area contributed by atoms with E-state index >= 15 is 0 Å². The lowest BCUT2D eigenvalue weighted by molar-refractivity contribution is -0.151. The first-order chi connectivity index (χ1) is 4.81. The highest BCUT2D eigenvalue weighted by Crippen LogP contribution is 2.42. The number of halogens is 6. The van der Waals surface area contributed by atoms with Crippen molar-refractivity contribution in [2.45, 2.75) is 23.6 Å². The summed E-state index contributed by atoms with van der Waals surface area (Å²) in [7, 11) is 0. The lowest BCUT2D eigenvalue weighted by atomic mass is 10.2. The van der Waals surface area contributed by atoms with E-state index in [0.29, 0.717) is 5.33 Å². The third-order valence-electron chi connectivity index (χ3n) is 1.04. The molecule has 0 spiro atoms. The quantitative estimate of drug-likeness (QED) is 0.547.